The normalized spacial score (nSPS) is 13.8. The number of nitrogens with one attached hydrogen (secondary N) is 8. The van der Waals surface area contributed by atoms with Gasteiger partial charge in [0.1, 0.15) is 29.6 Å². The Morgan fingerprint density at radius 3 is 1.48 bits per heavy atom. The van der Waals surface area contributed by atoms with Gasteiger partial charge in [0.2, 0.25) is 0 Å². The van der Waals surface area contributed by atoms with Crippen molar-refractivity contribution in [2.45, 2.75) is 0 Å². The van der Waals surface area contributed by atoms with Crippen LogP contribution in [0.1, 0.15) is 22.5 Å². The number of H-pyrrole nitrogens is 2. The van der Waals surface area contributed by atoms with E-state index in [1.54, 1.807) is 6.33 Å². The summed E-state index contributed by atoms with van der Waals surface area (Å²) < 4.78 is 0. The number of nitrogens with zero attached hydrogens (tertiary/aromatic N) is 3. The molecule has 4 aliphatic rings. The molecule has 0 bridgehead atoms. The van der Waals surface area contributed by atoms with Gasteiger partial charge >= 0.3 is 0 Å². The molecule has 0 radical (unpaired) electrons. The molecule has 0 saturated carbocycles. The van der Waals surface area contributed by atoms with Gasteiger partial charge in [-0.1, -0.05) is 36.4 Å². The van der Waals surface area contributed by atoms with Gasteiger partial charge in [0.05, 0.1) is 33.9 Å². The zero-order chi connectivity index (χ0) is 27.9. The van der Waals surface area contributed by atoms with Crippen LogP contribution in [0.5, 0.6) is 0 Å². The lowest BCUT2D eigenvalue weighted by Gasteiger charge is -2.27. The minimum absolute atomic E-state index is 0.742. The highest BCUT2D eigenvalue weighted by atomic mass is 15.4. The molecule has 8 rings (SSSR count). The smallest absolute Gasteiger partial charge is 0.133 e. The van der Waals surface area contributed by atoms with E-state index in [2.05, 4.69) is 59.4 Å². The summed E-state index contributed by atoms with van der Waals surface area (Å²) in [6.07, 6.45) is 9.08. The summed E-state index contributed by atoms with van der Waals surface area (Å²) in [7, 11) is 0. The Kier molecular flexibility index (Phi) is 5.49. The summed E-state index contributed by atoms with van der Waals surface area (Å²) in [5, 5.41) is 6.94. The maximum atomic E-state index is 4.94. The fourth-order valence-electron chi connectivity index (χ4n) is 5.42. The highest BCUT2D eigenvalue weighted by Gasteiger charge is 2.29. The maximum Gasteiger partial charge on any atom is 0.133 e. The molecule has 2 aromatic heterocycles. The van der Waals surface area contributed by atoms with Crippen molar-refractivity contribution in [3.8, 4) is 11.1 Å². The molecule has 0 fully saturated rings. The van der Waals surface area contributed by atoms with E-state index in [4.69, 9.17) is 9.97 Å². The molecular formula is C31H25N11. The first-order chi connectivity index (χ1) is 20.8. The zero-order valence-electron chi connectivity index (χ0n) is 22.2. The van der Waals surface area contributed by atoms with Crippen molar-refractivity contribution in [3.05, 3.63) is 138 Å². The molecule has 0 aliphatic carbocycles. The average Bonchev–Trinajstić information content (AvgIpc) is 3.81. The van der Waals surface area contributed by atoms with Crippen LogP contribution in [0.15, 0.2) is 116 Å². The number of rotatable bonds is 6. The second-order valence-electron chi connectivity index (χ2n) is 9.81. The number of anilines is 4. The number of aromatic nitrogens is 5. The molecule has 0 saturated heterocycles. The van der Waals surface area contributed by atoms with Gasteiger partial charge in [-0.3, -0.25) is 26.7 Å². The zero-order valence-corrected chi connectivity index (χ0v) is 22.2. The molecule has 6 heterocycles. The Morgan fingerprint density at radius 2 is 1.00 bits per heavy atom. The van der Waals surface area contributed by atoms with Gasteiger partial charge < -0.3 is 20.6 Å². The third-order valence-corrected chi connectivity index (χ3v) is 7.31. The number of hydrazine groups is 2. The highest BCUT2D eigenvalue weighted by Crippen LogP contribution is 2.42. The average molecular weight is 552 g/mol. The van der Waals surface area contributed by atoms with Gasteiger partial charge in [-0.25, -0.2) is 9.97 Å². The number of hydrogen-bond donors (Lipinski definition) is 8. The SMILES string of the molecule is c1c[nH]c(NC2=C(c3ncnc(C4=C(Nc5ccc[nH]5)NNc5ccccc54)c4cncc3-4)c3ccccc3NN2)c1. The summed E-state index contributed by atoms with van der Waals surface area (Å²) in [6.45, 7) is 0. The molecule has 42 heavy (non-hydrogen) atoms. The van der Waals surface area contributed by atoms with Crippen molar-refractivity contribution >= 4 is 34.2 Å². The molecule has 4 aliphatic heterocycles. The fourth-order valence-corrected chi connectivity index (χ4v) is 5.42. The van der Waals surface area contributed by atoms with E-state index in [1.807, 2.05) is 85.5 Å². The number of fused-ring (bicyclic) bond motifs is 3. The first-order valence-corrected chi connectivity index (χ1v) is 13.5. The van der Waals surface area contributed by atoms with E-state index in [9.17, 15) is 0 Å². The Morgan fingerprint density at radius 1 is 0.500 bits per heavy atom. The lowest BCUT2D eigenvalue weighted by Crippen LogP contribution is -2.31. The summed E-state index contributed by atoms with van der Waals surface area (Å²) in [4.78, 5) is 20.9. The quantitative estimate of drug-likeness (QED) is 0.141. The number of aromatic amines is 2. The van der Waals surface area contributed by atoms with Crippen LogP contribution in [0.2, 0.25) is 0 Å². The standard InChI is InChI=1S/C31H25N11/c1-3-9-22-18(7-1)26(30(41-39-22)37-24-11-5-13-33-24)28-20-15-32-16-21(20)29(36-17-35-28)27-19-8-2-4-10-23(19)40-42-31(27)38-25-12-6-14-34-25/h1-17,33-34,37-42H. The second-order valence-corrected chi connectivity index (χ2v) is 9.81. The van der Waals surface area contributed by atoms with Crippen LogP contribution in [0.4, 0.5) is 23.0 Å². The summed E-state index contributed by atoms with van der Waals surface area (Å²) >= 11 is 0. The highest BCUT2D eigenvalue weighted by molar-refractivity contribution is 5.99. The molecule has 11 heteroatoms. The van der Waals surface area contributed by atoms with E-state index < -0.39 is 0 Å². The monoisotopic (exact) mass is 551 g/mol. The number of benzene rings is 2. The van der Waals surface area contributed by atoms with Gasteiger partial charge in [0, 0.05) is 47.0 Å². The van der Waals surface area contributed by atoms with Crippen molar-refractivity contribution in [1.82, 2.24) is 35.8 Å². The van der Waals surface area contributed by atoms with E-state index >= 15 is 0 Å². The lowest BCUT2D eigenvalue weighted by atomic mass is 9.91. The molecule has 2 aromatic carbocycles. The Hall–Kier alpha value is -6.23. The van der Waals surface area contributed by atoms with E-state index in [0.717, 1.165) is 79.4 Å². The van der Waals surface area contributed by atoms with Crippen LogP contribution in [-0.2, 0) is 0 Å². The third-order valence-electron chi connectivity index (χ3n) is 7.31. The predicted molar refractivity (Wildman–Crippen MR) is 164 cm³/mol. The Balaban J connectivity index is 1.33. The van der Waals surface area contributed by atoms with E-state index in [-0.39, 0.29) is 0 Å². The number of hydrogen-bond acceptors (Lipinski definition) is 9. The first-order valence-electron chi connectivity index (χ1n) is 13.5. The van der Waals surface area contributed by atoms with Gasteiger partial charge in [-0.05, 0) is 36.4 Å². The minimum atomic E-state index is 0.742. The molecule has 0 amide bonds. The lowest BCUT2D eigenvalue weighted by molar-refractivity contribution is 0.945. The molecular weight excluding hydrogens is 526 g/mol. The van der Waals surface area contributed by atoms with E-state index in [1.165, 1.54) is 0 Å². The van der Waals surface area contributed by atoms with Gasteiger partial charge in [0.15, 0.2) is 0 Å². The Labute approximate surface area is 240 Å². The van der Waals surface area contributed by atoms with Crippen LogP contribution in [0, 0.1) is 0 Å². The summed E-state index contributed by atoms with van der Waals surface area (Å²) in [5.74, 6) is 3.19. The van der Waals surface area contributed by atoms with Gasteiger partial charge in [-0.2, -0.15) is 0 Å². The van der Waals surface area contributed by atoms with Crippen molar-refractivity contribution in [2.24, 2.45) is 0 Å². The van der Waals surface area contributed by atoms with Gasteiger partial charge in [0.25, 0.3) is 0 Å². The van der Waals surface area contributed by atoms with Gasteiger partial charge in [-0.15, -0.1) is 0 Å². The molecule has 0 atom stereocenters. The number of para-hydroxylation sites is 2. The van der Waals surface area contributed by atoms with Crippen molar-refractivity contribution < 1.29 is 0 Å². The molecule has 204 valence electrons. The van der Waals surface area contributed by atoms with Crippen LogP contribution in [0.25, 0.3) is 22.3 Å². The molecule has 0 spiro atoms. The van der Waals surface area contributed by atoms with Crippen LogP contribution >= 0.6 is 0 Å². The van der Waals surface area contributed by atoms with Crippen molar-refractivity contribution in [1.29, 1.82) is 0 Å². The fraction of sp³-hybridized carbons (Fsp3) is 0. The summed E-state index contributed by atoms with van der Waals surface area (Å²) in [6, 6.07) is 24.1. The van der Waals surface area contributed by atoms with Crippen molar-refractivity contribution in [3.63, 3.8) is 0 Å². The third kappa shape index (κ3) is 3.95. The largest absolute Gasteiger partial charge is 0.348 e. The maximum absolute atomic E-state index is 4.94. The summed E-state index contributed by atoms with van der Waals surface area (Å²) in [5.41, 5.74) is 22.1. The first kappa shape index (κ1) is 23.6. The van der Waals surface area contributed by atoms with E-state index in [0.29, 0.717) is 0 Å². The molecule has 0 unspecified atom stereocenters. The second kappa shape index (κ2) is 9.75. The van der Waals surface area contributed by atoms with Crippen molar-refractivity contribution in [2.75, 3.05) is 21.5 Å². The molecule has 11 nitrogen and oxygen atoms in total. The predicted octanol–water partition coefficient (Wildman–Crippen LogP) is 5.15. The molecule has 4 aromatic rings. The molecule has 8 N–H and O–H groups in total. The van der Waals surface area contributed by atoms with Crippen LogP contribution < -0.4 is 32.3 Å². The Bertz CT molecular complexity index is 1800. The topological polar surface area (TPSA) is 142 Å². The van der Waals surface area contributed by atoms with Crippen LogP contribution in [-0.4, -0.2) is 24.9 Å². The van der Waals surface area contributed by atoms with Crippen LogP contribution in [0.3, 0.4) is 0 Å². The minimum Gasteiger partial charge on any atom is -0.348 e.